The molecule has 2 saturated heterocycles. The molecule has 5 nitrogen and oxygen atoms in total. The second kappa shape index (κ2) is 6.62. The molecule has 1 saturated carbocycles. The number of hydrogen-bond donors (Lipinski definition) is 1. The van der Waals surface area contributed by atoms with Crippen LogP contribution >= 0.6 is 0 Å². The molecule has 5 heteroatoms. The molecule has 3 aliphatic rings. The maximum atomic E-state index is 9.51. The molecule has 3 atom stereocenters. The van der Waals surface area contributed by atoms with Gasteiger partial charge in [0, 0.05) is 38.3 Å². The maximum Gasteiger partial charge on any atom is 0.108 e. The van der Waals surface area contributed by atoms with Crippen LogP contribution in [0.3, 0.4) is 0 Å². The summed E-state index contributed by atoms with van der Waals surface area (Å²) in [4.78, 5) is 5.23. The SMILES string of the molecule is CCNC1(C#N)CCC(N2CCC(N3CCOCC3)C2)C1. The molecule has 2 aliphatic heterocycles. The summed E-state index contributed by atoms with van der Waals surface area (Å²) >= 11 is 0. The summed E-state index contributed by atoms with van der Waals surface area (Å²) < 4.78 is 5.46. The topological polar surface area (TPSA) is 51.5 Å². The van der Waals surface area contributed by atoms with Gasteiger partial charge in [0.15, 0.2) is 0 Å². The van der Waals surface area contributed by atoms with Crippen molar-refractivity contribution in [3.8, 4) is 6.07 Å². The van der Waals surface area contributed by atoms with Crippen LogP contribution in [0.5, 0.6) is 0 Å². The normalized spacial score (nSPS) is 38.7. The van der Waals surface area contributed by atoms with Crippen molar-refractivity contribution in [2.24, 2.45) is 0 Å². The second-order valence-corrected chi connectivity index (χ2v) is 6.71. The standard InChI is InChI=1S/C16H28N4O/c1-2-18-16(13-17)5-3-14(11-16)20-6-4-15(12-20)19-7-9-21-10-8-19/h14-15,18H,2-12H2,1H3. The summed E-state index contributed by atoms with van der Waals surface area (Å²) in [5.74, 6) is 0. The summed E-state index contributed by atoms with van der Waals surface area (Å²) in [5, 5.41) is 12.9. The van der Waals surface area contributed by atoms with E-state index in [1.54, 1.807) is 0 Å². The van der Waals surface area contributed by atoms with E-state index in [1.165, 1.54) is 19.5 Å². The molecule has 118 valence electrons. The van der Waals surface area contributed by atoms with Crippen LogP contribution < -0.4 is 5.32 Å². The van der Waals surface area contributed by atoms with Crippen LogP contribution in [-0.4, -0.2) is 73.4 Å². The average Bonchev–Trinajstić information content (AvgIpc) is 3.16. The van der Waals surface area contributed by atoms with Gasteiger partial charge in [0.05, 0.1) is 19.3 Å². The first-order valence-electron chi connectivity index (χ1n) is 8.48. The predicted molar refractivity (Wildman–Crippen MR) is 82.0 cm³/mol. The van der Waals surface area contributed by atoms with Crippen LogP contribution in [-0.2, 0) is 4.74 Å². The molecule has 3 rings (SSSR count). The van der Waals surface area contributed by atoms with Crippen molar-refractivity contribution < 1.29 is 4.74 Å². The minimum Gasteiger partial charge on any atom is -0.379 e. The molecule has 0 aromatic carbocycles. The van der Waals surface area contributed by atoms with Crippen molar-refractivity contribution in [1.29, 1.82) is 5.26 Å². The lowest BCUT2D eigenvalue weighted by Gasteiger charge is -2.33. The Morgan fingerprint density at radius 2 is 2.00 bits per heavy atom. The molecule has 2 heterocycles. The Morgan fingerprint density at radius 3 is 2.71 bits per heavy atom. The number of ether oxygens (including phenoxy) is 1. The zero-order valence-corrected chi connectivity index (χ0v) is 13.2. The lowest BCUT2D eigenvalue weighted by molar-refractivity contribution is 0.0176. The second-order valence-electron chi connectivity index (χ2n) is 6.71. The van der Waals surface area contributed by atoms with Gasteiger partial charge in [-0.25, -0.2) is 0 Å². The third-order valence-electron chi connectivity index (χ3n) is 5.49. The van der Waals surface area contributed by atoms with Gasteiger partial charge in [-0.05, 0) is 32.2 Å². The molecule has 21 heavy (non-hydrogen) atoms. The van der Waals surface area contributed by atoms with Crippen molar-refractivity contribution in [2.75, 3.05) is 45.9 Å². The zero-order chi connectivity index (χ0) is 14.7. The summed E-state index contributed by atoms with van der Waals surface area (Å²) in [6.07, 6.45) is 4.43. The summed E-state index contributed by atoms with van der Waals surface area (Å²) in [6.45, 7) is 9.30. The monoisotopic (exact) mass is 292 g/mol. The fourth-order valence-electron chi connectivity index (χ4n) is 4.31. The van der Waals surface area contributed by atoms with Crippen molar-refractivity contribution in [3.05, 3.63) is 0 Å². The Hall–Kier alpha value is -0.670. The molecule has 0 radical (unpaired) electrons. The Morgan fingerprint density at radius 1 is 1.19 bits per heavy atom. The third-order valence-corrected chi connectivity index (χ3v) is 5.49. The van der Waals surface area contributed by atoms with Gasteiger partial charge in [-0.3, -0.25) is 15.1 Å². The lowest BCUT2D eigenvalue weighted by Crippen LogP contribution is -2.46. The number of nitrogens with one attached hydrogen (secondary N) is 1. The third kappa shape index (κ3) is 3.24. The smallest absolute Gasteiger partial charge is 0.108 e. The van der Waals surface area contributed by atoms with Gasteiger partial charge in [0.1, 0.15) is 5.54 Å². The van der Waals surface area contributed by atoms with Crippen LogP contribution in [0.1, 0.15) is 32.6 Å². The molecule has 1 aliphatic carbocycles. The Bertz CT molecular complexity index is 390. The van der Waals surface area contributed by atoms with E-state index in [0.29, 0.717) is 12.1 Å². The van der Waals surface area contributed by atoms with Crippen LogP contribution in [0.15, 0.2) is 0 Å². The molecular weight excluding hydrogens is 264 g/mol. The highest BCUT2D eigenvalue weighted by molar-refractivity contribution is 5.13. The van der Waals surface area contributed by atoms with Gasteiger partial charge in [-0.1, -0.05) is 6.92 Å². The molecule has 3 fully saturated rings. The van der Waals surface area contributed by atoms with Crippen LogP contribution in [0.25, 0.3) is 0 Å². The van der Waals surface area contributed by atoms with E-state index in [1.807, 2.05) is 0 Å². The highest BCUT2D eigenvalue weighted by Gasteiger charge is 2.43. The van der Waals surface area contributed by atoms with E-state index in [9.17, 15) is 5.26 Å². The van der Waals surface area contributed by atoms with Crippen molar-refractivity contribution in [3.63, 3.8) is 0 Å². The molecule has 0 aromatic rings. The molecule has 0 aromatic heterocycles. The lowest BCUT2D eigenvalue weighted by atomic mass is 9.99. The first kappa shape index (κ1) is 15.2. The molecule has 3 unspecified atom stereocenters. The highest BCUT2D eigenvalue weighted by Crippen LogP contribution is 2.34. The first-order chi connectivity index (χ1) is 10.3. The zero-order valence-electron chi connectivity index (χ0n) is 13.2. The van der Waals surface area contributed by atoms with Gasteiger partial charge in [0.2, 0.25) is 0 Å². The number of rotatable bonds is 4. The molecule has 0 spiro atoms. The quantitative estimate of drug-likeness (QED) is 0.831. The number of nitriles is 1. The largest absolute Gasteiger partial charge is 0.379 e. The van der Waals surface area contributed by atoms with E-state index >= 15 is 0 Å². The van der Waals surface area contributed by atoms with Crippen molar-refractivity contribution in [1.82, 2.24) is 15.1 Å². The van der Waals surface area contributed by atoms with E-state index in [0.717, 1.165) is 52.1 Å². The Labute approximate surface area is 128 Å². The van der Waals surface area contributed by atoms with Gasteiger partial charge < -0.3 is 4.74 Å². The van der Waals surface area contributed by atoms with E-state index in [4.69, 9.17) is 4.74 Å². The number of morpholine rings is 1. The van der Waals surface area contributed by atoms with Crippen LogP contribution in [0.2, 0.25) is 0 Å². The molecule has 1 N–H and O–H groups in total. The van der Waals surface area contributed by atoms with Gasteiger partial charge >= 0.3 is 0 Å². The van der Waals surface area contributed by atoms with Gasteiger partial charge in [0.25, 0.3) is 0 Å². The molecule has 0 amide bonds. The Kier molecular flexibility index (Phi) is 4.80. The summed E-state index contributed by atoms with van der Waals surface area (Å²) in [6, 6.07) is 3.83. The van der Waals surface area contributed by atoms with Gasteiger partial charge in [-0.2, -0.15) is 5.26 Å². The maximum absolute atomic E-state index is 9.51. The fourth-order valence-corrected chi connectivity index (χ4v) is 4.31. The number of likely N-dealkylation sites (tertiary alicyclic amines) is 1. The summed E-state index contributed by atoms with van der Waals surface area (Å²) in [5.41, 5.74) is -0.267. The summed E-state index contributed by atoms with van der Waals surface area (Å²) in [7, 11) is 0. The van der Waals surface area contributed by atoms with E-state index in [-0.39, 0.29) is 5.54 Å². The van der Waals surface area contributed by atoms with Crippen LogP contribution in [0, 0.1) is 11.3 Å². The Balaban J connectivity index is 1.54. The predicted octanol–water partition coefficient (Wildman–Crippen LogP) is 0.817. The average molecular weight is 292 g/mol. The first-order valence-corrected chi connectivity index (χ1v) is 8.48. The van der Waals surface area contributed by atoms with Crippen molar-refractivity contribution in [2.45, 2.75) is 50.2 Å². The van der Waals surface area contributed by atoms with E-state index in [2.05, 4.69) is 28.1 Å². The number of hydrogen-bond acceptors (Lipinski definition) is 5. The van der Waals surface area contributed by atoms with Crippen molar-refractivity contribution >= 4 is 0 Å². The minimum atomic E-state index is -0.267. The van der Waals surface area contributed by atoms with E-state index < -0.39 is 0 Å². The minimum absolute atomic E-state index is 0.267. The highest BCUT2D eigenvalue weighted by atomic mass is 16.5. The van der Waals surface area contributed by atoms with Crippen LogP contribution in [0.4, 0.5) is 0 Å². The number of nitrogens with zero attached hydrogens (tertiary/aromatic N) is 3. The fraction of sp³-hybridized carbons (Fsp3) is 0.938. The molecular formula is C16H28N4O. The van der Waals surface area contributed by atoms with Gasteiger partial charge in [-0.15, -0.1) is 0 Å². The molecule has 0 bridgehead atoms.